The molecule has 0 aliphatic rings. The summed E-state index contributed by atoms with van der Waals surface area (Å²) >= 11 is 3.46. The van der Waals surface area contributed by atoms with E-state index in [1.54, 1.807) is 4.90 Å². The summed E-state index contributed by atoms with van der Waals surface area (Å²) in [5, 5.41) is 0. The SMILES string of the molecule is CCN(C(=O)c1ccc(Br)c(C)c1)c1cccc(C)c1. The number of hydrogen-bond acceptors (Lipinski definition) is 1. The minimum Gasteiger partial charge on any atom is -0.309 e. The maximum absolute atomic E-state index is 12.7. The molecule has 2 aromatic rings. The van der Waals surface area contributed by atoms with Gasteiger partial charge in [0.05, 0.1) is 0 Å². The van der Waals surface area contributed by atoms with Crippen LogP contribution in [0.1, 0.15) is 28.4 Å². The molecule has 0 radical (unpaired) electrons. The molecule has 3 heteroatoms. The molecule has 2 rings (SSSR count). The van der Waals surface area contributed by atoms with Gasteiger partial charge in [0.1, 0.15) is 0 Å². The average Bonchev–Trinajstić information content (AvgIpc) is 2.42. The predicted molar refractivity (Wildman–Crippen MR) is 87.4 cm³/mol. The Morgan fingerprint density at radius 3 is 2.50 bits per heavy atom. The van der Waals surface area contributed by atoms with E-state index in [0.717, 1.165) is 21.3 Å². The highest BCUT2D eigenvalue weighted by Crippen LogP contribution is 2.21. The number of nitrogens with zero attached hydrogens (tertiary/aromatic N) is 1. The first-order valence-electron chi connectivity index (χ1n) is 6.67. The molecule has 104 valence electrons. The standard InChI is InChI=1S/C17H18BrNO/c1-4-19(15-7-5-6-12(2)10-15)17(20)14-8-9-16(18)13(3)11-14/h5-11H,4H2,1-3H3. The van der Waals surface area contributed by atoms with E-state index < -0.39 is 0 Å². The van der Waals surface area contributed by atoms with Gasteiger partial charge in [0.15, 0.2) is 0 Å². The zero-order valence-corrected chi connectivity index (χ0v) is 13.6. The number of rotatable bonds is 3. The van der Waals surface area contributed by atoms with Crippen molar-refractivity contribution in [2.24, 2.45) is 0 Å². The Labute approximate surface area is 128 Å². The van der Waals surface area contributed by atoms with Crippen LogP contribution in [0.3, 0.4) is 0 Å². The molecule has 2 nitrogen and oxygen atoms in total. The summed E-state index contributed by atoms with van der Waals surface area (Å²) in [6.07, 6.45) is 0. The number of benzene rings is 2. The molecular weight excluding hydrogens is 314 g/mol. The van der Waals surface area contributed by atoms with Crippen LogP contribution in [0.4, 0.5) is 5.69 Å². The molecule has 0 N–H and O–H groups in total. The van der Waals surface area contributed by atoms with Gasteiger partial charge in [-0.05, 0) is 62.2 Å². The first kappa shape index (κ1) is 14.8. The molecule has 1 amide bonds. The lowest BCUT2D eigenvalue weighted by atomic mass is 10.1. The van der Waals surface area contributed by atoms with Crippen LogP contribution in [0.15, 0.2) is 46.9 Å². The van der Waals surface area contributed by atoms with Crippen LogP contribution in [0.25, 0.3) is 0 Å². The number of halogens is 1. The maximum atomic E-state index is 12.7. The van der Waals surface area contributed by atoms with E-state index in [2.05, 4.69) is 15.9 Å². The number of carbonyl (C=O) groups excluding carboxylic acids is 1. The molecule has 20 heavy (non-hydrogen) atoms. The van der Waals surface area contributed by atoms with Crippen molar-refractivity contribution in [3.63, 3.8) is 0 Å². The number of amides is 1. The van der Waals surface area contributed by atoms with Crippen LogP contribution >= 0.6 is 15.9 Å². The molecule has 0 aliphatic heterocycles. The van der Waals surface area contributed by atoms with E-state index in [1.807, 2.05) is 63.2 Å². The lowest BCUT2D eigenvalue weighted by Gasteiger charge is -2.22. The van der Waals surface area contributed by atoms with Crippen molar-refractivity contribution in [3.8, 4) is 0 Å². The fourth-order valence-electron chi connectivity index (χ4n) is 2.17. The van der Waals surface area contributed by atoms with Gasteiger partial charge < -0.3 is 4.90 Å². The molecule has 0 bridgehead atoms. The van der Waals surface area contributed by atoms with E-state index in [0.29, 0.717) is 12.1 Å². The van der Waals surface area contributed by atoms with Crippen molar-refractivity contribution in [3.05, 3.63) is 63.6 Å². The van der Waals surface area contributed by atoms with Crippen LogP contribution in [0.5, 0.6) is 0 Å². The molecule has 0 atom stereocenters. The minimum atomic E-state index is 0.0358. The Hall–Kier alpha value is -1.61. The summed E-state index contributed by atoms with van der Waals surface area (Å²) < 4.78 is 1.02. The second kappa shape index (κ2) is 6.23. The quantitative estimate of drug-likeness (QED) is 0.795. The largest absolute Gasteiger partial charge is 0.309 e. The molecule has 0 unspecified atom stereocenters. The Kier molecular flexibility index (Phi) is 4.61. The van der Waals surface area contributed by atoms with Crippen LogP contribution < -0.4 is 4.90 Å². The highest BCUT2D eigenvalue weighted by Gasteiger charge is 2.16. The third-order valence-corrected chi connectivity index (χ3v) is 4.17. The summed E-state index contributed by atoms with van der Waals surface area (Å²) in [5.41, 5.74) is 3.88. The molecule has 0 saturated heterocycles. The van der Waals surface area contributed by atoms with Crippen LogP contribution in [-0.4, -0.2) is 12.5 Å². The van der Waals surface area contributed by atoms with Crippen molar-refractivity contribution >= 4 is 27.5 Å². The molecular formula is C17H18BrNO. The van der Waals surface area contributed by atoms with Crippen molar-refractivity contribution in [2.45, 2.75) is 20.8 Å². The van der Waals surface area contributed by atoms with E-state index in [-0.39, 0.29) is 5.91 Å². The summed E-state index contributed by atoms with van der Waals surface area (Å²) in [6, 6.07) is 13.7. The normalized spacial score (nSPS) is 10.4. The van der Waals surface area contributed by atoms with Gasteiger partial charge in [-0.25, -0.2) is 0 Å². The second-order valence-corrected chi connectivity index (χ2v) is 5.71. The topological polar surface area (TPSA) is 20.3 Å². The van der Waals surface area contributed by atoms with E-state index in [4.69, 9.17) is 0 Å². The molecule has 0 heterocycles. The fraction of sp³-hybridized carbons (Fsp3) is 0.235. The zero-order valence-electron chi connectivity index (χ0n) is 12.0. The van der Waals surface area contributed by atoms with E-state index >= 15 is 0 Å². The van der Waals surface area contributed by atoms with Crippen LogP contribution in [0, 0.1) is 13.8 Å². The van der Waals surface area contributed by atoms with Gasteiger partial charge in [-0.15, -0.1) is 0 Å². The van der Waals surface area contributed by atoms with Gasteiger partial charge in [0, 0.05) is 22.3 Å². The van der Waals surface area contributed by atoms with E-state index in [9.17, 15) is 4.79 Å². The van der Waals surface area contributed by atoms with Gasteiger partial charge in [-0.1, -0.05) is 28.1 Å². The monoisotopic (exact) mass is 331 g/mol. The first-order valence-corrected chi connectivity index (χ1v) is 7.47. The number of anilines is 1. The molecule has 0 aliphatic carbocycles. The maximum Gasteiger partial charge on any atom is 0.258 e. The van der Waals surface area contributed by atoms with Crippen LogP contribution in [0.2, 0.25) is 0 Å². The Bertz CT molecular complexity index is 637. The van der Waals surface area contributed by atoms with Gasteiger partial charge in [0.2, 0.25) is 0 Å². The zero-order chi connectivity index (χ0) is 14.7. The second-order valence-electron chi connectivity index (χ2n) is 4.85. The predicted octanol–water partition coefficient (Wildman–Crippen LogP) is 4.73. The lowest BCUT2D eigenvalue weighted by Crippen LogP contribution is -2.30. The number of hydrogen-bond donors (Lipinski definition) is 0. The molecule has 0 aromatic heterocycles. The Morgan fingerprint density at radius 1 is 1.15 bits per heavy atom. The van der Waals surface area contributed by atoms with Gasteiger partial charge >= 0.3 is 0 Å². The number of carbonyl (C=O) groups is 1. The molecule has 2 aromatic carbocycles. The molecule has 0 fully saturated rings. The van der Waals surface area contributed by atoms with Crippen molar-refractivity contribution in [1.29, 1.82) is 0 Å². The van der Waals surface area contributed by atoms with Gasteiger partial charge in [-0.2, -0.15) is 0 Å². The third-order valence-electron chi connectivity index (χ3n) is 3.28. The Balaban J connectivity index is 2.36. The summed E-state index contributed by atoms with van der Waals surface area (Å²) in [7, 11) is 0. The minimum absolute atomic E-state index is 0.0358. The summed E-state index contributed by atoms with van der Waals surface area (Å²) in [4.78, 5) is 14.5. The van der Waals surface area contributed by atoms with Crippen LogP contribution in [-0.2, 0) is 0 Å². The van der Waals surface area contributed by atoms with Gasteiger partial charge in [0.25, 0.3) is 5.91 Å². The number of aryl methyl sites for hydroxylation is 2. The van der Waals surface area contributed by atoms with Crippen molar-refractivity contribution < 1.29 is 4.79 Å². The molecule has 0 spiro atoms. The summed E-state index contributed by atoms with van der Waals surface area (Å²) in [5.74, 6) is 0.0358. The summed E-state index contributed by atoms with van der Waals surface area (Å²) in [6.45, 7) is 6.67. The lowest BCUT2D eigenvalue weighted by molar-refractivity contribution is 0.0988. The average molecular weight is 332 g/mol. The van der Waals surface area contributed by atoms with Crippen molar-refractivity contribution in [1.82, 2.24) is 0 Å². The van der Waals surface area contributed by atoms with Crippen molar-refractivity contribution in [2.75, 3.05) is 11.4 Å². The molecule has 0 saturated carbocycles. The third kappa shape index (κ3) is 3.10. The smallest absolute Gasteiger partial charge is 0.258 e. The van der Waals surface area contributed by atoms with E-state index in [1.165, 1.54) is 0 Å². The highest BCUT2D eigenvalue weighted by atomic mass is 79.9. The van der Waals surface area contributed by atoms with Gasteiger partial charge in [-0.3, -0.25) is 4.79 Å². The highest BCUT2D eigenvalue weighted by molar-refractivity contribution is 9.10. The Morgan fingerprint density at radius 2 is 1.90 bits per heavy atom. The fourth-order valence-corrected chi connectivity index (χ4v) is 2.42. The first-order chi connectivity index (χ1) is 9.52.